The van der Waals surface area contributed by atoms with Crippen LogP contribution >= 0.6 is 0 Å². The van der Waals surface area contributed by atoms with Crippen LogP contribution < -0.4 is 24.8 Å². The molecule has 0 aromatic rings. The smallest absolute Gasteiger partial charge is 1.00 e. The maximum Gasteiger partial charge on any atom is -1.00 e. The van der Waals surface area contributed by atoms with Crippen LogP contribution in [-0.2, 0) is 25.2 Å². The quantitative estimate of drug-likeness (QED) is 0.534. The van der Waals surface area contributed by atoms with Crippen LogP contribution in [0, 0.1) is 0 Å². The van der Waals surface area contributed by atoms with Crippen molar-refractivity contribution >= 4 is 0 Å². The fourth-order valence-electron chi connectivity index (χ4n) is 2.54. The van der Waals surface area contributed by atoms with Crippen molar-refractivity contribution in [1.29, 1.82) is 0 Å². The van der Waals surface area contributed by atoms with Crippen molar-refractivity contribution in [2.75, 3.05) is 6.61 Å². The van der Waals surface area contributed by atoms with Gasteiger partial charge < -0.3 is 24.8 Å². The van der Waals surface area contributed by atoms with E-state index in [0.717, 1.165) is 32.3 Å². The van der Waals surface area contributed by atoms with E-state index in [1.807, 2.05) is 0 Å². The fourth-order valence-corrected chi connectivity index (χ4v) is 2.99. The van der Waals surface area contributed by atoms with E-state index in [1.165, 1.54) is 15.0 Å². The van der Waals surface area contributed by atoms with E-state index in [-0.39, 0.29) is 30.4 Å². The monoisotopic (exact) mass is 347 g/mol. The summed E-state index contributed by atoms with van der Waals surface area (Å²) in [7, 11) is 0. The van der Waals surface area contributed by atoms with E-state index in [1.54, 1.807) is 0 Å². The van der Waals surface area contributed by atoms with Crippen LogP contribution in [0.25, 0.3) is 0 Å². The van der Waals surface area contributed by atoms with Crippen molar-refractivity contribution in [1.82, 2.24) is 0 Å². The Labute approximate surface area is 146 Å². The molecule has 0 N–H and O–H groups in total. The molecule has 0 bridgehead atoms. The van der Waals surface area contributed by atoms with Gasteiger partial charge in [-0.25, -0.2) is 0 Å². The Morgan fingerprint density at radius 3 is 2.60 bits per heavy atom. The molecule has 2 aliphatic carbocycles. The minimum absolute atomic E-state index is 0. The largest absolute Gasteiger partial charge is 1.00 e. The zero-order chi connectivity index (χ0) is 13.0. The molecule has 2 rings (SSSR count). The Balaban J connectivity index is 0.00000180. The van der Waals surface area contributed by atoms with Crippen LogP contribution in [0.2, 0.25) is 0 Å². The van der Waals surface area contributed by atoms with Gasteiger partial charge in [0.05, 0.1) is 0 Å². The van der Waals surface area contributed by atoms with Gasteiger partial charge in [0.1, 0.15) is 0 Å². The van der Waals surface area contributed by atoms with Crippen molar-refractivity contribution in [3.8, 4) is 0 Å². The summed E-state index contributed by atoms with van der Waals surface area (Å²) in [6.45, 7) is 5.22. The van der Waals surface area contributed by atoms with Crippen molar-refractivity contribution in [3.05, 3.63) is 45.4 Å². The van der Waals surface area contributed by atoms with E-state index in [9.17, 15) is 0 Å². The van der Waals surface area contributed by atoms with Gasteiger partial charge in [-0.3, -0.25) is 0 Å². The molecule has 4 heteroatoms. The first kappa shape index (κ1) is 20.2. The van der Waals surface area contributed by atoms with Crippen LogP contribution in [-0.4, -0.2) is 12.2 Å². The molecule has 0 heterocycles. The average molecular weight is 348 g/mol. The number of ether oxygens (including phenoxy) is 1. The molecule has 1 atom stereocenters. The zero-order valence-electron chi connectivity index (χ0n) is 12.1. The molecule has 0 aromatic carbocycles. The van der Waals surface area contributed by atoms with Crippen LogP contribution in [0.4, 0.5) is 0 Å². The number of allylic oxidation sites excluding steroid dienone is 5. The van der Waals surface area contributed by atoms with Gasteiger partial charge in [-0.05, 0) is 0 Å². The normalized spacial score (nSPS) is 24.3. The topological polar surface area (TPSA) is 9.23 Å². The van der Waals surface area contributed by atoms with Gasteiger partial charge in [-0.15, -0.1) is 0 Å². The maximum atomic E-state index is 6.25. The number of hydrogen-bond donors (Lipinski definition) is 0. The molecule has 0 amide bonds. The molecular formula is C16H21Cl2OTi. The fraction of sp³-hybridized carbons (Fsp3) is 0.500. The molecule has 0 saturated carbocycles. The van der Waals surface area contributed by atoms with Crippen molar-refractivity contribution in [2.24, 2.45) is 0 Å². The summed E-state index contributed by atoms with van der Waals surface area (Å²) in [6, 6.07) is 0. The van der Waals surface area contributed by atoms with E-state index in [0.29, 0.717) is 0 Å². The van der Waals surface area contributed by atoms with Gasteiger partial charge in [0.15, 0.2) is 0 Å². The van der Waals surface area contributed by atoms with E-state index >= 15 is 0 Å². The van der Waals surface area contributed by atoms with Gasteiger partial charge in [-0.1, -0.05) is 0 Å². The first-order valence-electron chi connectivity index (χ1n) is 6.76. The summed E-state index contributed by atoms with van der Waals surface area (Å²) in [6.07, 6.45) is 15.3. The van der Waals surface area contributed by atoms with Crippen LogP contribution in [0.15, 0.2) is 45.4 Å². The second kappa shape index (κ2) is 9.28. The molecule has 1 nitrogen and oxygen atoms in total. The summed E-state index contributed by atoms with van der Waals surface area (Å²) in [4.78, 5) is 0. The van der Waals surface area contributed by atoms with Crippen molar-refractivity contribution in [3.63, 3.8) is 0 Å². The van der Waals surface area contributed by atoms with Gasteiger partial charge in [0, 0.05) is 0 Å². The summed E-state index contributed by atoms with van der Waals surface area (Å²) in [5.74, 6) is 0. The molecule has 109 valence electrons. The molecule has 0 fully saturated rings. The first-order valence-corrected chi connectivity index (χ1v) is 7.54. The third kappa shape index (κ3) is 4.61. The van der Waals surface area contributed by atoms with Crippen molar-refractivity contribution < 1.29 is 50.0 Å². The Morgan fingerprint density at radius 2 is 2.05 bits per heavy atom. The summed E-state index contributed by atoms with van der Waals surface area (Å²) in [5.41, 5.74) is 2.73. The molecular weight excluding hydrogens is 327 g/mol. The molecule has 0 spiro atoms. The molecule has 0 aliphatic heterocycles. The number of halogens is 2. The minimum Gasteiger partial charge on any atom is -1.00 e. The summed E-state index contributed by atoms with van der Waals surface area (Å²) >= 11 is 2.24. The first-order chi connectivity index (χ1) is 8.68. The van der Waals surface area contributed by atoms with Gasteiger partial charge in [0.2, 0.25) is 0 Å². The van der Waals surface area contributed by atoms with Crippen LogP contribution in [0.5, 0.6) is 0 Å². The Kier molecular flexibility index (Phi) is 9.38. The van der Waals surface area contributed by atoms with Gasteiger partial charge in [0.25, 0.3) is 0 Å². The molecule has 0 saturated heterocycles. The molecule has 2 aliphatic rings. The van der Waals surface area contributed by atoms with Gasteiger partial charge in [-0.2, -0.15) is 0 Å². The third-order valence-electron chi connectivity index (χ3n) is 3.74. The minimum atomic E-state index is -0.101. The Bertz CT molecular complexity index is 438. The second-order valence-electron chi connectivity index (χ2n) is 5.11. The summed E-state index contributed by atoms with van der Waals surface area (Å²) in [5, 5.41) is 0. The molecule has 20 heavy (non-hydrogen) atoms. The molecule has 1 unspecified atom stereocenters. The SMILES string of the molecule is CCCOC1(CC2=[C]([Ti+2])CC=C2)CC=CC=C1C.[Cl-].[Cl-]. The standard InChI is InChI=1S/C16H21O.2ClH.Ti/c1-3-12-17-16(11-7-6-8-14(16)2)13-15-9-4-5-10-15;;;/h4,6-9H,3,5,11-13H2,1-2H3;2*1H;/q;;;+2/p-2. The van der Waals surface area contributed by atoms with E-state index < -0.39 is 0 Å². The third-order valence-corrected chi connectivity index (χ3v) is 4.56. The predicted molar refractivity (Wildman–Crippen MR) is 71.9 cm³/mol. The number of rotatable bonds is 5. The van der Waals surface area contributed by atoms with E-state index in [2.05, 4.69) is 64.7 Å². The van der Waals surface area contributed by atoms with Crippen molar-refractivity contribution in [2.45, 2.75) is 45.1 Å². The molecule has 0 aromatic heterocycles. The zero-order valence-corrected chi connectivity index (χ0v) is 15.2. The van der Waals surface area contributed by atoms with E-state index in [4.69, 9.17) is 4.74 Å². The van der Waals surface area contributed by atoms with Crippen LogP contribution in [0.3, 0.4) is 0 Å². The Morgan fingerprint density at radius 1 is 1.30 bits per heavy atom. The van der Waals surface area contributed by atoms with Crippen LogP contribution in [0.1, 0.15) is 39.5 Å². The Hall–Kier alpha value is 0.214. The molecule has 0 radical (unpaired) electrons. The van der Waals surface area contributed by atoms with Gasteiger partial charge >= 0.3 is 122 Å². The second-order valence-corrected chi connectivity index (χ2v) is 6.05. The maximum absolute atomic E-state index is 6.25. The average Bonchev–Trinajstić information content (AvgIpc) is 2.76. The summed E-state index contributed by atoms with van der Waals surface area (Å²) < 4.78 is 7.75. The number of hydrogen-bond acceptors (Lipinski definition) is 1. The predicted octanol–water partition coefficient (Wildman–Crippen LogP) is -1.78.